The fourth-order valence-corrected chi connectivity index (χ4v) is 2.45. The molecule has 122 valence electrons. The van der Waals surface area contributed by atoms with E-state index in [1.54, 1.807) is 18.3 Å². The zero-order valence-electron chi connectivity index (χ0n) is 13.2. The number of carbonyl (C=O) groups excluding carboxylic acids is 1. The monoisotopic (exact) mass is 323 g/mol. The molecule has 24 heavy (non-hydrogen) atoms. The third-order valence-electron chi connectivity index (χ3n) is 3.73. The topological polar surface area (TPSA) is 117 Å². The minimum absolute atomic E-state index is 0.139. The van der Waals surface area contributed by atoms with Gasteiger partial charge in [-0.3, -0.25) is 4.98 Å². The van der Waals surface area contributed by atoms with Crippen LogP contribution in [0.1, 0.15) is 21.6 Å². The predicted octanol–water partition coefficient (Wildman–Crippen LogP) is 1.76. The number of nitrogen functional groups attached to an aromatic ring is 2. The molecule has 0 atom stereocenters. The van der Waals surface area contributed by atoms with Gasteiger partial charge in [0.2, 0.25) is 5.95 Å². The van der Waals surface area contributed by atoms with Crippen LogP contribution in [0.15, 0.2) is 36.5 Å². The molecule has 4 N–H and O–H groups in total. The summed E-state index contributed by atoms with van der Waals surface area (Å²) in [6.45, 7) is 0. The van der Waals surface area contributed by atoms with Crippen LogP contribution in [-0.4, -0.2) is 28.0 Å². The molecular formula is C17H17N5O2. The number of benzene rings is 1. The molecule has 0 amide bonds. The number of esters is 1. The van der Waals surface area contributed by atoms with Gasteiger partial charge in [0.05, 0.1) is 24.4 Å². The molecule has 0 aliphatic heterocycles. The number of nitrogens with zero attached hydrogens (tertiary/aromatic N) is 3. The molecule has 0 bridgehead atoms. The van der Waals surface area contributed by atoms with E-state index in [0.29, 0.717) is 16.9 Å². The van der Waals surface area contributed by atoms with Gasteiger partial charge in [-0.05, 0) is 36.6 Å². The quantitative estimate of drug-likeness (QED) is 0.702. The van der Waals surface area contributed by atoms with Gasteiger partial charge in [0, 0.05) is 11.1 Å². The van der Waals surface area contributed by atoms with Gasteiger partial charge in [0.15, 0.2) is 0 Å². The lowest BCUT2D eigenvalue weighted by atomic mass is 10.1. The maximum absolute atomic E-state index is 11.4. The van der Waals surface area contributed by atoms with E-state index in [4.69, 9.17) is 11.5 Å². The molecule has 1 aromatic carbocycles. The molecule has 0 fully saturated rings. The van der Waals surface area contributed by atoms with Crippen molar-refractivity contribution in [1.82, 2.24) is 15.0 Å². The lowest BCUT2D eigenvalue weighted by Gasteiger charge is -2.06. The van der Waals surface area contributed by atoms with E-state index < -0.39 is 0 Å². The summed E-state index contributed by atoms with van der Waals surface area (Å²) in [5.74, 6) is 0.149. The number of aromatic nitrogens is 3. The maximum atomic E-state index is 11.4. The third-order valence-corrected chi connectivity index (χ3v) is 3.73. The molecule has 2 heterocycles. The Morgan fingerprint density at radius 3 is 2.58 bits per heavy atom. The number of nitrogens with two attached hydrogens (primary N) is 2. The first-order chi connectivity index (χ1) is 11.6. The highest BCUT2D eigenvalue weighted by atomic mass is 16.5. The Bertz CT molecular complexity index is 893. The molecule has 3 rings (SSSR count). The van der Waals surface area contributed by atoms with Crippen molar-refractivity contribution in [2.24, 2.45) is 0 Å². The van der Waals surface area contributed by atoms with E-state index in [1.165, 1.54) is 7.11 Å². The Morgan fingerprint density at radius 2 is 1.88 bits per heavy atom. The number of ether oxygens (including phenoxy) is 1. The molecule has 0 aliphatic rings. The Morgan fingerprint density at radius 1 is 1.12 bits per heavy atom. The van der Waals surface area contributed by atoms with E-state index in [9.17, 15) is 4.79 Å². The van der Waals surface area contributed by atoms with Crippen molar-refractivity contribution in [3.05, 3.63) is 53.3 Å². The number of fused-ring (bicyclic) bond motifs is 1. The molecule has 0 saturated heterocycles. The van der Waals surface area contributed by atoms with Crippen LogP contribution in [0.25, 0.3) is 10.9 Å². The lowest BCUT2D eigenvalue weighted by molar-refractivity contribution is 0.0600. The van der Waals surface area contributed by atoms with Crippen LogP contribution in [0.2, 0.25) is 0 Å². The SMILES string of the molecule is COC(=O)c1ccc(CCc2cc3c(N)nc(N)nc3cn2)cc1. The summed E-state index contributed by atoms with van der Waals surface area (Å²) in [6, 6.07) is 9.21. The smallest absolute Gasteiger partial charge is 0.337 e. The van der Waals surface area contributed by atoms with Crippen LogP contribution < -0.4 is 11.5 Å². The summed E-state index contributed by atoms with van der Waals surface area (Å²) >= 11 is 0. The zero-order valence-corrected chi connectivity index (χ0v) is 13.2. The summed E-state index contributed by atoms with van der Waals surface area (Å²) in [5, 5.41) is 0.746. The summed E-state index contributed by atoms with van der Waals surface area (Å²) in [5.41, 5.74) is 14.6. The first-order valence-corrected chi connectivity index (χ1v) is 7.41. The van der Waals surface area contributed by atoms with Crippen molar-refractivity contribution >= 4 is 28.6 Å². The molecule has 0 spiro atoms. The first kappa shape index (κ1) is 15.7. The average Bonchev–Trinajstić information content (AvgIpc) is 2.60. The van der Waals surface area contributed by atoms with E-state index in [1.807, 2.05) is 18.2 Å². The molecule has 0 aliphatic carbocycles. The second-order valence-corrected chi connectivity index (χ2v) is 5.35. The number of methoxy groups -OCH3 is 1. The highest BCUT2D eigenvalue weighted by molar-refractivity contribution is 5.89. The minimum atomic E-state index is -0.340. The lowest BCUT2D eigenvalue weighted by Crippen LogP contribution is -2.03. The highest BCUT2D eigenvalue weighted by Crippen LogP contribution is 2.19. The van der Waals surface area contributed by atoms with Crippen molar-refractivity contribution in [3.8, 4) is 0 Å². The molecule has 3 aromatic rings. The van der Waals surface area contributed by atoms with Gasteiger partial charge in [0.25, 0.3) is 0 Å². The van der Waals surface area contributed by atoms with Crippen LogP contribution in [-0.2, 0) is 17.6 Å². The van der Waals surface area contributed by atoms with Gasteiger partial charge >= 0.3 is 5.97 Å². The second kappa shape index (κ2) is 6.49. The van der Waals surface area contributed by atoms with Crippen LogP contribution in [0.3, 0.4) is 0 Å². The normalized spacial score (nSPS) is 10.7. The number of carbonyl (C=O) groups is 1. The van der Waals surface area contributed by atoms with Gasteiger partial charge in [-0.1, -0.05) is 12.1 Å². The number of hydrogen-bond donors (Lipinski definition) is 2. The van der Waals surface area contributed by atoms with Crippen molar-refractivity contribution in [2.45, 2.75) is 12.8 Å². The molecule has 7 heteroatoms. The Kier molecular flexibility index (Phi) is 4.24. The van der Waals surface area contributed by atoms with E-state index >= 15 is 0 Å². The predicted molar refractivity (Wildman–Crippen MR) is 91.3 cm³/mol. The number of rotatable bonds is 4. The highest BCUT2D eigenvalue weighted by Gasteiger charge is 2.07. The van der Waals surface area contributed by atoms with E-state index in [2.05, 4.69) is 19.7 Å². The van der Waals surface area contributed by atoms with Gasteiger partial charge in [0.1, 0.15) is 5.82 Å². The van der Waals surface area contributed by atoms with Crippen LogP contribution >= 0.6 is 0 Å². The van der Waals surface area contributed by atoms with Crippen LogP contribution in [0.5, 0.6) is 0 Å². The van der Waals surface area contributed by atoms with E-state index in [0.717, 1.165) is 29.5 Å². The van der Waals surface area contributed by atoms with Crippen molar-refractivity contribution in [3.63, 3.8) is 0 Å². The summed E-state index contributed by atoms with van der Waals surface area (Å²) in [7, 11) is 1.37. The molecule has 0 unspecified atom stereocenters. The van der Waals surface area contributed by atoms with Crippen molar-refractivity contribution < 1.29 is 9.53 Å². The fourth-order valence-electron chi connectivity index (χ4n) is 2.45. The molecule has 0 radical (unpaired) electrons. The van der Waals surface area contributed by atoms with Gasteiger partial charge < -0.3 is 16.2 Å². The first-order valence-electron chi connectivity index (χ1n) is 7.41. The Hall–Kier alpha value is -3.22. The summed E-state index contributed by atoms with van der Waals surface area (Å²) in [4.78, 5) is 23.9. The van der Waals surface area contributed by atoms with Crippen LogP contribution in [0.4, 0.5) is 11.8 Å². The summed E-state index contributed by atoms with van der Waals surface area (Å²) in [6.07, 6.45) is 3.17. The number of anilines is 2. The second-order valence-electron chi connectivity index (χ2n) is 5.35. The Labute approximate surface area is 138 Å². The van der Waals surface area contributed by atoms with Crippen LogP contribution in [0, 0.1) is 0 Å². The minimum Gasteiger partial charge on any atom is -0.465 e. The van der Waals surface area contributed by atoms with Gasteiger partial charge in [-0.2, -0.15) is 4.98 Å². The standard InChI is InChI=1S/C17H17N5O2/c1-24-16(23)11-5-2-10(3-6-11)4-7-12-8-13-14(9-20-12)21-17(19)22-15(13)18/h2-3,5-6,8-9H,4,7H2,1H3,(H4,18,19,21,22). The van der Waals surface area contributed by atoms with E-state index in [-0.39, 0.29) is 11.9 Å². The maximum Gasteiger partial charge on any atom is 0.337 e. The zero-order chi connectivity index (χ0) is 17.1. The number of pyridine rings is 1. The van der Waals surface area contributed by atoms with Gasteiger partial charge in [-0.25, -0.2) is 9.78 Å². The molecular weight excluding hydrogens is 306 g/mol. The van der Waals surface area contributed by atoms with Gasteiger partial charge in [-0.15, -0.1) is 0 Å². The summed E-state index contributed by atoms with van der Waals surface area (Å²) < 4.78 is 4.68. The number of hydrogen-bond acceptors (Lipinski definition) is 7. The molecule has 2 aromatic heterocycles. The molecule has 0 saturated carbocycles. The largest absolute Gasteiger partial charge is 0.465 e. The average molecular weight is 323 g/mol. The number of aryl methyl sites for hydroxylation is 2. The van der Waals surface area contributed by atoms with Crippen molar-refractivity contribution in [2.75, 3.05) is 18.6 Å². The fraction of sp³-hybridized carbons (Fsp3) is 0.176. The Balaban J connectivity index is 1.74. The molecule has 7 nitrogen and oxygen atoms in total. The third kappa shape index (κ3) is 3.24. The van der Waals surface area contributed by atoms with Crippen molar-refractivity contribution in [1.29, 1.82) is 0 Å².